The highest BCUT2D eigenvalue weighted by atomic mass is 35.5. The number of aromatic nitrogens is 2. The number of amides is 1. The van der Waals surface area contributed by atoms with Crippen LogP contribution in [0.4, 0.5) is 0 Å². The molecule has 0 aliphatic carbocycles. The monoisotopic (exact) mass is 347 g/mol. The number of benzene rings is 1. The van der Waals surface area contributed by atoms with Gasteiger partial charge in [0.15, 0.2) is 4.96 Å². The van der Waals surface area contributed by atoms with E-state index in [0.29, 0.717) is 16.4 Å². The van der Waals surface area contributed by atoms with Gasteiger partial charge in [-0.05, 0) is 17.7 Å². The van der Waals surface area contributed by atoms with Gasteiger partial charge < -0.3 is 5.32 Å². The van der Waals surface area contributed by atoms with Gasteiger partial charge in [-0.15, -0.1) is 22.7 Å². The van der Waals surface area contributed by atoms with E-state index in [1.54, 1.807) is 11.3 Å². The molecule has 0 saturated heterocycles. The Morgan fingerprint density at radius 1 is 1.36 bits per heavy atom. The minimum atomic E-state index is -0.105. The van der Waals surface area contributed by atoms with Crippen molar-refractivity contribution in [3.63, 3.8) is 0 Å². The molecule has 22 heavy (non-hydrogen) atoms. The van der Waals surface area contributed by atoms with Gasteiger partial charge in [0.25, 0.3) is 5.91 Å². The van der Waals surface area contributed by atoms with E-state index in [1.807, 2.05) is 46.3 Å². The van der Waals surface area contributed by atoms with Crippen molar-refractivity contribution in [2.45, 2.75) is 6.54 Å². The van der Waals surface area contributed by atoms with Crippen molar-refractivity contribution >= 4 is 55.5 Å². The van der Waals surface area contributed by atoms with Crippen LogP contribution in [0.5, 0.6) is 0 Å². The van der Waals surface area contributed by atoms with Gasteiger partial charge in [0, 0.05) is 23.1 Å². The van der Waals surface area contributed by atoms with E-state index in [2.05, 4.69) is 10.3 Å². The van der Waals surface area contributed by atoms with Gasteiger partial charge in [-0.3, -0.25) is 9.20 Å². The van der Waals surface area contributed by atoms with Crippen LogP contribution in [-0.2, 0) is 6.54 Å². The normalized spacial score (nSPS) is 11.3. The molecule has 0 unspecified atom stereocenters. The van der Waals surface area contributed by atoms with E-state index < -0.39 is 0 Å². The molecule has 0 radical (unpaired) electrons. The van der Waals surface area contributed by atoms with Gasteiger partial charge >= 0.3 is 0 Å². The third-order valence-corrected chi connectivity index (χ3v) is 5.50. The third kappa shape index (κ3) is 2.29. The largest absolute Gasteiger partial charge is 0.347 e. The Hall–Kier alpha value is -1.89. The zero-order valence-electron chi connectivity index (χ0n) is 11.2. The zero-order chi connectivity index (χ0) is 15.1. The number of nitrogens with zero attached hydrogens (tertiary/aromatic N) is 2. The van der Waals surface area contributed by atoms with Crippen molar-refractivity contribution in [3.05, 3.63) is 57.4 Å². The van der Waals surface area contributed by atoms with E-state index in [0.717, 1.165) is 20.9 Å². The fourth-order valence-corrected chi connectivity index (χ4v) is 4.18. The van der Waals surface area contributed by atoms with E-state index in [4.69, 9.17) is 11.6 Å². The first kappa shape index (κ1) is 13.8. The number of halogens is 1. The van der Waals surface area contributed by atoms with E-state index in [9.17, 15) is 4.79 Å². The molecule has 0 saturated carbocycles. The second-order valence-electron chi connectivity index (χ2n) is 4.74. The molecule has 3 aromatic heterocycles. The second-order valence-corrected chi connectivity index (χ2v) is 7.05. The number of hydrogen-bond acceptors (Lipinski definition) is 4. The molecule has 7 heteroatoms. The average Bonchev–Trinajstić information content (AvgIpc) is 3.17. The smallest absolute Gasteiger partial charge is 0.261 e. The molecule has 0 spiro atoms. The number of hydrogen-bond donors (Lipinski definition) is 1. The molecule has 0 aliphatic rings. The minimum Gasteiger partial charge on any atom is -0.347 e. The Morgan fingerprint density at radius 2 is 2.23 bits per heavy atom. The van der Waals surface area contributed by atoms with Crippen molar-refractivity contribution in [1.29, 1.82) is 0 Å². The standard InChI is InChI=1S/C15H10ClN3OS2/c16-10-4-2-1-3-9(10)8-17-13(20)12-7-11-14(22-12)18-15-19(11)5-6-21-15/h1-7H,8H2,(H,17,20). The molecule has 0 fully saturated rings. The Kier molecular flexibility index (Phi) is 3.37. The summed E-state index contributed by atoms with van der Waals surface area (Å²) in [7, 11) is 0. The lowest BCUT2D eigenvalue weighted by Gasteiger charge is -2.05. The summed E-state index contributed by atoms with van der Waals surface area (Å²) in [6.45, 7) is 0.412. The molecule has 0 atom stereocenters. The molecule has 0 aliphatic heterocycles. The molecular formula is C15H10ClN3OS2. The number of carbonyl (C=O) groups excluding carboxylic acids is 1. The summed E-state index contributed by atoms with van der Waals surface area (Å²) in [5, 5.41) is 5.54. The van der Waals surface area contributed by atoms with E-state index in [-0.39, 0.29) is 5.91 Å². The van der Waals surface area contributed by atoms with Crippen LogP contribution in [0, 0.1) is 0 Å². The van der Waals surface area contributed by atoms with E-state index in [1.165, 1.54) is 11.3 Å². The second kappa shape index (κ2) is 5.39. The lowest BCUT2D eigenvalue weighted by atomic mass is 10.2. The number of fused-ring (bicyclic) bond motifs is 3. The maximum atomic E-state index is 12.3. The SMILES string of the molecule is O=C(NCc1ccccc1Cl)c1cc2c(nc3sccn32)s1. The number of imidazole rings is 1. The van der Waals surface area contributed by atoms with Crippen LogP contribution in [0.1, 0.15) is 15.2 Å². The fourth-order valence-electron chi connectivity index (χ4n) is 2.26. The number of carbonyl (C=O) groups is 1. The first-order valence-corrected chi connectivity index (χ1v) is 8.66. The van der Waals surface area contributed by atoms with Crippen molar-refractivity contribution in [1.82, 2.24) is 14.7 Å². The topological polar surface area (TPSA) is 46.4 Å². The van der Waals surface area contributed by atoms with Crippen LogP contribution in [0.25, 0.3) is 15.3 Å². The Morgan fingerprint density at radius 3 is 3.09 bits per heavy atom. The van der Waals surface area contributed by atoms with Crippen molar-refractivity contribution in [2.75, 3.05) is 0 Å². The fraction of sp³-hybridized carbons (Fsp3) is 0.0667. The molecule has 110 valence electrons. The maximum Gasteiger partial charge on any atom is 0.261 e. The molecule has 0 bridgehead atoms. The number of thiophene rings is 1. The summed E-state index contributed by atoms with van der Waals surface area (Å²) in [5.41, 5.74) is 1.88. The molecule has 4 aromatic rings. The summed E-state index contributed by atoms with van der Waals surface area (Å²) in [5.74, 6) is -0.105. The molecule has 1 aromatic carbocycles. The number of rotatable bonds is 3. The number of nitrogens with one attached hydrogen (secondary N) is 1. The molecule has 4 rings (SSSR count). The van der Waals surface area contributed by atoms with Crippen LogP contribution < -0.4 is 5.32 Å². The molecule has 4 nitrogen and oxygen atoms in total. The summed E-state index contributed by atoms with van der Waals surface area (Å²) >= 11 is 9.08. The third-order valence-electron chi connectivity index (χ3n) is 3.36. The Labute approximate surface area is 139 Å². The predicted molar refractivity (Wildman–Crippen MR) is 91.1 cm³/mol. The highest BCUT2D eigenvalue weighted by molar-refractivity contribution is 7.21. The first-order chi connectivity index (χ1) is 10.7. The number of thiazole rings is 1. The van der Waals surface area contributed by atoms with Crippen molar-refractivity contribution in [2.24, 2.45) is 0 Å². The van der Waals surface area contributed by atoms with Crippen molar-refractivity contribution < 1.29 is 4.79 Å². The van der Waals surface area contributed by atoms with Gasteiger partial charge in [0.05, 0.1) is 10.4 Å². The van der Waals surface area contributed by atoms with Crippen LogP contribution in [0.2, 0.25) is 5.02 Å². The van der Waals surface area contributed by atoms with Crippen LogP contribution in [0.3, 0.4) is 0 Å². The molecule has 1 N–H and O–H groups in total. The molecule has 1 amide bonds. The van der Waals surface area contributed by atoms with Crippen LogP contribution >= 0.6 is 34.3 Å². The Balaban J connectivity index is 1.57. The first-order valence-electron chi connectivity index (χ1n) is 6.59. The summed E-state index contributed by atoms with van der Waals surface area (Å²) in [6.07, 6.45) is 1.97. The summed E-state index contributed by atoms with van der Waals surface area (Å²) < 4.78 is 2.00. The van der Waals surface area contributed by atoms with Gasteiger partial charge in [-0.1, -0.05) is 29.8 Å². The lowest BCUT2D eigenvalue weighted by molar-refractivity contribution is 0.0955. The van der Waals surface area contributed by atoms with Gasteiger partial charge in [0.2, 0.25) is 0 Å². The maximum absolute atomic E-state index is 12.3. The molecule has 3 heterocycles. The summed E-state index contributed by atoms with van der Waals surface area (Å²) in [4.78, 5) is 19.3. The van der Waals surface area contributed by atoms with Crippen LogP contribution in [-0.4, -0.2) is 15.3 Å². The van der Waals surface area contributed by atoms with Crippen molar-refractivity contribution in [3.8, 4) is 0 Å². The quantitative estimate of drug-likeness (QED) is 0.604. The van der Waals surface area contributed by atoms with Gasteiger partial charge in [0.1, 0.15) is 4.83 Å². The average molecular weight is 348 g/mol. The highest BCUT2D eigenvalue weighted by Crippen LogP contribution is 2.28. The Bertz CT molecular complexity index is 985. The minimum absolute atomic E-state index is 0.105. The van der Waals surface area contributed by atoms with Gasteiger partial charge in [-0.2, -0.15) is 0 Å². The lowest BCUT2D eigenvalue weighted by Crippen LogP contribution is -2.21. The van der Waals surface area contributed by atoms with E-state index >= 15 is 0 Å². The van der Waals surface area contributed by atoms with Crippen LogP contribution in [0.15, 0.2) is 41.9 Å². The highest BCUT2D eigenvalue weighted by Gasteiger charge is 2.15. The zero-order valence-corrected chi connectivity index (χ0v) is 13.6. The summed E-state index contributed by atoms with van der Waals surface area (Å²) in [6, 6.07) is 9.38. The van der Waals surface area contributed by atoms with Gasteiger partial charge in [-0.25, -0.2) is 4.98 Å². The molecular weight excluding hydrogens is 338 g/mol. The predicted octanol–water partition coefficient (Wildman–Crippen LogP) is 4.19.